The largest absolute Gasteiger partial charge is 0.465 e. The fraction of sp³-hybridized carbons (Fsp3) is 0.167. The first-order valence-corrected chi connectivity index (χ1v) is 7.22. The fourth-order valence-corrected chi connectivity index (χ4v) is 2.53. The van der Waals surface area contributed by atoms with Gasteiger partial charge in [0.2, 0.25) is 0 Å². The first-order chi connectivity index (χ1) is 11.1. The predicted octanol–water partition coefficient (Wildman–Crippen LogP) is 3.24. The molecule has 0 fully saturated rings. The van der Waals surface area contributed by atoms with Crippen LogP contribution in [0.5, 0.6) is 0 Å². The number of methoxy groups -OCH3 is 1. The molecule has 2 heterocycles. The maximum absolute atomic E-state index is 12.2. The van der Waals surface area contributed by atoms with Crippen LogP contribution >= 0.6 is 0 Å². The van der Waals surface area contributed by atoms with Crippen LogP contribution in [0, 0.1) is 6.92 Å². The highest BCUT2D eigenvalue weighted by molar-refractivity contribution is 5.98. The standard InChI is InChI=1S/C18H17N3O2/c1-12-6-14(9-19-8-12)13-4-5-16(15-10-20-21(2)11-15)17(7-13)18(22)23-3/h4-11H,1-3H3. The third-order valence-corrected chi connectivity index (χ3v) is 3.65. The van der Waals surface area contributed by atoms with Crippen molar-refractivity contribution in [1.29, 1.82) is 0 Å². The molecule has 0 unspecified atom stereocenters. The molecule has 0 radical (unpaired) electrons. The summed E-state index contributed by atoms with van der Waals surface area (Å²) in [6.07, 6.45) is 7.19. The Morgan fingerprint density at radius 1 is 1.09 bits per heavy atom. The van der Waals surface area contributed by atoms with Crippen molar-refractivity contribution in [3.63, 3.8) is 0 Å². The highest BCUT2D eigenvalue weighted by Crippen LogP contribution is 2.29. The molecule has 0 atom stereocenters. The van der Waals surface area contributed by atoms with Crippen LogP contribution < -0.4 is 0 Å². The van der Waals surface area contributed by atoms with Crippen LogP contribution in [0.15, 0.2) is 49.1 Å². The third kappa shape index (κ3) is 2.99. The topological polar surface area (TPSA) is 57.0 Å². The van der Waals surface area contributed by atoms with Crippen molar-refractivity contribution in [3.8, 4) is 22.3 Å². The molecular weight excluding hydrogens is 290 g/mol. The summed E-state index contributed by atoms with van der Waals surface area (Å²) in [6, 6.07) is 7.77. The average molecular weight is 307 g/mol. The Morgan fingerprint density at radius 3 is 2.57 bits per heavy atom. The van der Waals surface area contributed by atoms with Crippen molar-refractivity contribution >= 4 is 5.97 Å². The van der Waals surface area contributed by atoms with Gasteiger partial charge in [-0.1, -0.05) is 12.1 Å². The van der Waals surface area contributed by atoms with Gasteiger partial charge in [-0.3, -0.25) is 9.67 Å². The van der Waals surface area contributed by atoms with E-state index in [4.69, 9.17) is 4.74 Å². The summed E-state index contributed by atoms with van der Waals surface area (Å²) in [7, 11) is 3.23. The molecule has 3 aromatic rings. The van der Waals surface area contributed by atoms with Gasteiger partial charge in [0, 0.05) is 36.8 Å². The number of rotatable bonds is 3. The molecule has 0 N–H and O–H groups in total. The summed E-state index contributed by atoms with van der Waals surface area (Å²) in [5, 5.41) is 4.17. The number of hydrogen-bond donors (Lipinski definition) is 0. The van der Waals surface area contributed by atoms with Gasteiger partial charge in [-0.05, 0) is 35.7 Å². The average Bonchev–Trinajstić information content (AvgIpc) is 3.00. The molecular formula is C18H17N3O2. The normalized spacial score (nSPS) is 10.6. The van der Waals surface area contributed by atoms with Crippen LogP contribution in [0.25, 0.3) is 22.3 Å². The Kier molecular flexibility index (Phi) is 3.93. The number of aromatic nitrogens is 3. The second-order valence-electron chi connectivity index (χ2n) is 5.41. The Balaban J connectivity index is 2.14. The van der Waals surface area contributed by atoms with Gasteiger partial charge in [0.05, 0.1) is 18.9 Å². The summed E-state index contributed by atoms with van der Waals surface area (Å²) < 4.78 is 6.64. The van der Waals surface area contributed by atoms with Gasteiger partial charge in [0.25, 0.3) is 0 Å². The number of pyridine rings is 1. The van der Waals surface area contributed by atoms with Gasteiger partial charge in [-0.25, -0.2) is 4.79 Å². The lowest BCUT2D eigenvalue weighted by Crippen LogP contribution is -2.04. The lowest BCUT2D eigenvalue weighted by molar-refractivity contribution is 0.0601. The summed E-state index contributed by atoms with van der Waals surface area (Å²) in [6.45, 7) is 1.99. The minimum atomic E-state index is -0.369. The maximum Gasteiger partial charge on any atom is 0.338 e. The van der Waals surface area contributed by atoms with E-state index in [2.05, 4.69) is 10.1 Å². The number of hydrogen-bond acceptors (Lipinski definition) is 4. The Morgan fingerprint density at radius 2 is 1.91 bits per heavy atom. The zero-order valence-corrected chi connectivity index (χ0v) is 13.3. The first-order valence-electron chi connectivity index (χ1n) is 7.22. The molecule has 0 saturated heterocycles. The van der Waals surface area contributed by atoms with E-state index in [0.29, 0.717) is 5.56 Å². The number of carbonyl (C=O) groups is 1. The summed E-state index contributed by atoms with van der Waals surface area (Å²) in [5.74, 6) is -0.369. The van der Waals surface area contributed by atoms with Crippen LogP contribution in [0.1, 0.15) is 15.9 Å². The molecule has 1 aromatic carbocycles. The van der Waals surface area contributed by atoms with E-state index in [-0.39, 0.29) is 5.97 Å². The highest BCUT2D eigenvalue weighted by atomic mass is 16.5. The molecule has 0 spiro atoms. The van der Waals surface area contributed by atoms with Gasteiger partial charge in [0.15, 0.2) is 0 Å². The van der Waals surface area contributed by atoms with Gasteiger partial charge in [-0.15, -0.1) is 0 Å². The van der Waals surface area contributed by atoms with E-state index in [1.165, 1.54) is 7.11 Å². The number of carbonyl (C=O) groups excluding carboxylic acids is 1. The molecule has 5 heteroatoms. The lowest BCUT2D eigenvalue weighted by Gasteiger charge is -2.10. The zero-order chi connectivity index (χ0) is 16.4. The second-order valence-corrected chi connectivity index (χ2v) is 5.41. The van der Waals surface area contributed by atoms with Crippen molar-refractivity contribution < 1.29 is 9.53 Å². The van der Waals surface area contributed by atoms with Crippen molar-refractivity contribution in [1.82, 2.24) is 14.8 Å². The molecule has 23 heavy (non-hydrogen) atoms. The number of esters is 1. The summed E-state index contributed by atoms with van der Waals surface area (Å²) in [4.78, 5) is 16.4. The summed E-state index contributed by atoms with van der Waals surface area (Å²) in [5.41, 5.74) is 5.15. The maximum atomic E-state index is 12.2. The second kappa shape index (κ2) is 6.04. The quantitative estimate of drug-likeness (QED) is 0.697. The van der Waals surface area contributed by atoms with Crippen molar-refractivity contribution in [2.75, 3.05) is 7.11 Å². The molecule has 0 bridgehead atoms. The van der Waals surface area contributed by atoms with Crippen molar-refractivity contribution in [2.45, 2.75) is 6.92 Å². The minimum absolute atomic E-state index is 0.369. The van der Waals surface area contributed by atoms with Crippen LogP contribution in [-0.2, 0) is 11.8 Å². The SMILES string of the molecule is COC(=O)c1cc(-c2cncc(C)c2)ccc1-c1cnn(C)c1. The van der Waals surface area contributed by atoms with E-state index >= 15 is 0 Å². The van der Waals surface area contributed by atoms with Gasteiger partial charge in [-0.2, -0.15) is 5.10 Å². The van der Waals surface area contributed by atoms with Crippen LogP contribution in [0.3, 0.4) is 0 Å². The number of nitrogens with zero attached hydrogens (tertiary/aromatic N) is 3. The fourth-order valence-electron chi connectivity index (χ4n) is 2.53. The smallest absolute Gasteiger partial charge is 0.338 e. The van der Waals surface area contributed by atoms with Crippen molar-refractivity contribution in [2.24, 2.45) is 7.05 Å². The van der Waals surface area contributed by atoms with E-state index < -0.39 is 0 Å². The van der Waals surface area contributed by atoms with Crippen LogP contribution in [-0.4, -0.2) is 27.8 Å². The molecule has 0 amide bonds. The van der Waals surface area contributed by atoms with Gasteiger partial charge in [0.1, 0.15) is 0 Å². The van der Waals surface area contributed by atoms with Gasteiger partial charge >= 0.3 is 5.97 Å². The van der Waals surface area contributed by atoms with E-state index in [1.807, 2.05) is 44.4 Å². The Hall–Kier alpha value is -2.95. The number of aryl methyl sites for hydroxylation is 2. The highest BCUT2D eigenvalue weighted by Gasteiger charge is 2.16. The van der Waals surface area contributed by atoms with Gasteiger partial charge < -0.3 is 4.74 Å². The molecule has 116 valence electrons. The molecule has 0 aliphatic carbocycles. The molecule has 3 rings (SSSR count). The monoisotopic (exact) mass is 307 g/mol. The third-order valence-electron chi connectivity index (χ3n) is 3.65. The molecule has 0 aliphatic heterocycles. The Labute approximate surface area is 134 Å². The number of ether oxygens (including phenoxy) is 1. The van der Waals surface area contributed by atoms with E-state index in [1.54, 1.807) is 23.3 Å². The molecule has 0 saturated carbocycles. The van der Waals surface area contributed by atoms with Crippen LogP contribution in [0.4, 0.5) is 0 Å². The van der Waals surface area contributed by atoms with Crippen molar-refractivity contribution in [3.05, 3.63) is 60.2 Å². The predicted molar refractivity (Wildman–Crippen MR) is 88.0 cm³/mol. The van der Waals surface area contributed by atoms with E-state index in [9.17, 15) is 4.79 Å². The zero-order valence-electron chi connectivity index (χ0n) is 13.3. The molecule has 2 aromatic heterocycles. The summed E-state index contributed by atoms with van der Waals surface area (Å²) >= 11 is 0. The lowest BCUT2D eigenvalue weighted by atomic mass is 9.96. The van der Waals surface area contributed by atoms with E-state index in [0.717, 1.165) is 27.8 Å². The number of benzene rings is 1. The van der Waals surface area contributed by atoms with Crippen LogP contribution in [0.2, 0.25) is 0 Å². The molecule has 0 aliphatic rings. The Bertz CT molecular complexity index is 868. The molecule has 5 nitrogen and oxygen atoms in total. The first kappa shape index (κ1) is 15.0. The minimum Gasteiger partial charge on any atom is -0.465 e.